The molecule has 0 aliphatic rings. The summed E-state index contributed by atoms with van der Waals surface area (Å²) in [5, 5.41) is 0.481. The molecule has 5 nitrogen and oxygen atoms in total. The van der Waals surface area contributed by atoms with E-state index in [1.807, 2.05) is 12.1 Å². The van der Waals surface area contributed by atoms with Crippen molar-refractivity contribution in [2.45, 2.75) is 11.3 Å². The van der Waals surface area contributed by atoms with Crippen molar-refractivity contribution in [2.75, 3.05) is 6.54 Å². The summed E-state index contributed by atoms with van der Waals surface area (Å²) in [7, 11) is -3.57. The van der Waals surface area contributed by atoms with E-state index in [4.69, 9.17) is 11.6 Å². The third kappa shape index (κ3) is 5.01. The lowest BCUT2D eigenvalue weighted by atomic mass is 10.0. The predicted molar refractivity (Wildman–Crippen MR) is 104 cm³/mol. The van der Waals surface area contributed by atoms with Gasteiger partial charge in [-0.1, -0.05) is 35.9 Å². The molecule has 0 aliphatic carbocycles. The fourth-order valence-corrected chi connectivity index (χ4v) is 3.67. The molecule has 138 valence electrons. The Morgan fingerprint density at radius 2 is 1.67 bits per heavy atom. The van der Waals surface area contributed by atoms with Crippen LogP contribution in [0.5, 0.6) is 0 Å². The first-order valence-electron chi connectivity index (χ1n) is 8.24. The number of halogens is 1. The van der Waals surface area contributed by atoms with Gasteiger partial charge in [-0.25, -0.2) is 13.1 Å². The van der Waals surface area contributed by atoms with Crippen LogP contribution in [0.4, 0.5) is 0 Å². The van der Waals surface area contributed by atoms with Gasteiger partial charge in [-0.15, -0.1) is 0 Å². The van der Waals surface area contributed by atoms with E-state index in [0.29, 0.717) is 22.6 Å². The minimum Gasteiger partial charge on any atom is -0.289 e. The summed E-state index contributed by atoms with van der Waals surface area (Å²) in [5.41, 5.74) is 2.02. The number of benzene rings is 2. The summed E-state index contributed by atoms with van der Waals surface area (Å²) in [6.07, 6.45) is 3.65. The van der Waals surface area contributed by atoms with Gasteiger partial charge in [-0.3, -0.25) is 9.78 Å². The van der Waals surface area contributed by atoms with Gasteiger partial charge < -0.3 is 0 Å². The van der Waals surface area contributed by atoms with Crippen LogP contribution >= 0.6 is 11.6 Å². The average Bonchev–Trinajstić information content (AvgIpc) is 2.69. The number of aromatic nitrogens is 1. The number of pyridine rings is 1. The van der Waals surface area contributed by atoms with E-state index < -0.39 is 10.0 Å². The Morgan fingerprint density at radius 1 is 0.963 bits per heavy atom. The molecule has 2 aromatic carbocycles. The summed E-state index contributed by atoms with van der Waals surface area (Å²) in [4.78, 5) is 16.5. The summed E-state index contributed by atoms with van der Waals surface area (Å²) in [6, 6.07) is 16.5. The van der Waals surface area contributed by atoms with Crippen LogP contribution in [-0.2, 0) is 16.4 Å². The van der Waals surface area contributed by atoms with Crippen LogP contribution in [0.25, 0.3) is 0 Å². The third-order valence-corrected chi connectivity index (χ3v) is 5.70. The van der Waals surface area contributed by atoms with Crippen molar-refractivity contribution >= 4 is 27.4 Å². The Bertz CT molecular complexity index is 1020. The largest absolute Gasteiger partial charge is 0.289 e. The SMILES string of the molecule is O=C(c1ccc(CCNS(=O)(=O)c2ccc(Cl)cc2)cc1)c1cccnc1. The van der Waals surface area contributed by atoms with Crippen molar-refractivity contribution in [3.63, 3.8) is 0 Å². The second kappa shape index (κ2) is 8.43. The van der Waals surface area contributed by atoms with Gasteiger partial charge in [0.1, 0.15) is 0 Å². The van der Waals surface area contributed by atoms with E-state index in [1.54, 1.807) is 30.5 Å². The molecule has 0 saturated heterocycles. The third-order valence-electron chi connectivity index (χ3n) is 3.97. The van der Waals surface area contributed by atoms with Gasteiger partial charge in [0.25, 0.3) is 0 Å². The molecular weight excluding hydrogens is 384 g/mol. The van der Waals surface area contributed by atoms with E-state index in [0.717, 1.165) is 5.56 Å². The molecule has 0 aliphatic heterocycles. The number of sulfonamides is 1. The lowest BCUT2D eigenvalue weighted by molar-refractivity contribution is 0.103. The number of carbonyl (C=O) groups is 1. The Balaban J connectivity index is 1.59. The highest BCUT2D eigenvalue weighted by Gasteiger charge is 2.13. The van der Waals surface area contributed by atoms with Gasteiger partial charge in [0, 0.05) is 35.1 Å². The first kappa shape index (κ1) is 19.2. The molecule has 0 bridgehead atoms. The molecule has 0 atom stereocenters. The average molecular weight is 401 g/mol. The molecular formula is C20H17ClN2O3S. The number of nitrogens with one attached hydrogen (secondary N) is 1. The molecule has 3 aromatic rings. The quantitative estimate of drug-likeness (QED) is 0.616. The standard InChI is InChI=1S/C20H17ClN2O3S/c21-18-7-9-19(10-8-18)27(25,26)23-13-11-15-3-5-16(6-4-15)20(24)17-2-1-12-22-14-17/h1-10,12,14,23H,11,13H2. The van der Waals surface area contributed by atoms with Gasteiger partial charge in [0.15, 0.2) is 5.78 Å². The Kier molecular flexibility index (Phi) is 6.01. The van der Waals surface area contributed by atoms with Crippen molar-refractivity contribution in [1.82, 2.24) is 9.71 Å². The van der Waals surface area contributed by atoms with Gasteiger partial charge in [-0.05, 0) is 48.4 Å². The van der Waals surface area contributed by atoms with Gasteiger partial charge >= 0.3 is 0 Å². The topological polar surface area (TPSA) is 76.1 Å². The summed E-state index contributed by atoms with van der Waals surface area (Å²) in [6.45, 7) is 0.251. The highest BCUT2D eigenvalue weighted by atomic mass is 35.5. The normalized spacial score (nSPS) is 11.3. The summed E-state index contributed by atoms with van der Waals surface area (Å²) >= 11 is 5.78. The Hall–Kier alpha value is -2.54. The van der Waals surface area contributed by atoms with Crippen LogP contribution in [0, 0.1) is 0 Å². The van der Waals surface area contributed by atoms with Crippen LogP contribution in [0.1, 0.15) is 21.5 Å². The van der Waals surface area contributed by atoms with E-state index >= 15 is 0 Å². The van der Waals surface area contributed by atoms with Crippen LogP contribution < -0.4 is 4.72 Å². The van der Waals surface area contributed by atoms with E-state index in [2.05, 4.69) is 9.71 Å². The molecule has 0 amide bonds. The Morgan fingerprint density at radius 3 is 2.30 bits per heavy atom. The summed E-state index contributed by atoms with van der Waals surface area (Å²) in [5.74, 6) is -0.0990. The maximum atomic E-state index is 12.3. The maximum absolute atomic E-state index is 12.3. The fourth-order valence-electron chi connectivity index (χ4n) is 2.51. The number of hydrogen-bond acceptors (Lipinski definition) is 4. The smallest absolute Gasteiger partial charge is 0.240 e. The van der Waals surface area contributed by atoms with Crippen molar-refractivity contribution in [3.8, 4) is 0 Å². The second-order valence-electron chi connectivity index (χ2n) is 5.87. The molecule has 0 fully saturated rings. The number of ketones is 1. The molecule has 0 saturated carbocycles. The van der Waals surface area contributed by atoms with E-state index in [-0.39, 0.29) is 17.2 Å². The molecule has 7 heteroatoms. The first-order chi connectivity index (χ1) is 13.0. The molecule has 3 rings (SSSR count). The van der Waals surface area contributed by atoms with Crippen LogP contribution in [0.15, 0.2) is 78.0 Å². The molecule has 1 aromatic heterocycles. The minimum absolute atomic E-state index is 0.0990. The number of hydrogen-bond donors (Lipinski definition) is 1. The minimum atomic E-state index is -3.57. The summed E-state index contributed by atoms with van der Waals surface area (Å²) < 4.78 is 27.0. The number of carbonyl (C=O) groups excluding carboxylic acids is 1. The van der Waals surface area contributed by atoms with Crippen molar-refractivity contribution in [3.05, 3.63) is 94.8 Å². The van der Waals surface area contributed by atoms with Gasteiger partial charge in [0.2, 0.25) is 10.0 Å². The van der Waals surface area contributed by atoms with Gasteiger partial charge in [-0.2, -0.15) is 0 Å². The van der Waals surface area contributed by atoms with E-state index in [1.165, 1.54) is 30.5 Å². The molecule has 0 spiro atoms. The first-order valence-corrected chi connectivity index (χ1v) is 10.1. The molecule has 0 radical (unpaired) electrons. The molecule has 0 unspecified atom stereocenters. The maximum Gasteiger partial charge on any atom is 0.240 e. The molecule has 27 heavy (non-hydrogen) atoms. The number of rotatable bonds is 7. The van der Waals surface area contributed by atoms with E-state index in [9.17, 15) is 13.2 Å². The number of nitrogens with zero attached hydrogens (tertiary/aromatic N) is 1. The zero-order valence-corrected chi connectivity index (χ0v) is 15.9. The van der Waals surface area contributed by atoms with Crippen molar-refractivity contribution in [1.29, 1.82) is 0 Å². The molecule has 1 N–H and O–H groups in total. The van der Waals surface area contributed by atoms with Crippen molar-refractivity contribution < 1.29 is 13.2 Å². The monoisotopic (exact) mass is 400 g/mol. The van der Waals surface area contributed by atoms with Crippen LogP contribution in [0.2, 0.25) is 5.02 Å². The lowest BCUT2D eigenvalue weighted by Gasteiger charge is -2.07. The fraction of sp³-hybridized carbons (Fsp3) is 0.100. The van der Waals surface area contributed by atoms with Crippen LogP contribution in [-0.4, -0.2) is 25.7 Å². The second-order valence-corrected chi connectivity index (χ2v) is 8.07. The lowest BCUT2D eigenvalue weighted by Crippen LogP contribution is -2.25. The Labute approximate surface area is 163 Å². The molecule has 1 heterocycles. The highest BCUT2D eigenvalue weighted by molar-refractivity contribution is 7.89. The van der Waals surface area contributed by atoms with Crippen molar-refractivity contribution in [2.24, 2.45) is 0 Å². The zero-order valence-electron chi connectivity index (χ0n) is 14.3. The highest BCUT2D eigenvalue weighted by Crippen LogP contribution is 2.14. The predicted octanol–water partition coefficient (Wildman–Crippen LogP) is 3.49. The van der Waals surface area contributed by atoms with Gasteiger partial charge in [0.05, 0.1) is 4.90 Å². The zero-order chi connectivity index (χ0) is 19.3. The van der Waals surface area contributed by atoms with Crippen LogP contribution in [0.3, 0.4) is 0 Å².